The van der Waals surface area contributed by atoms with Crippen molar-refractivity contribution in [3.8, 4) is 5.75 Å². The number of ether oxygens (including phenoxy) is 1. The van der Waals surface area contributed by atoms with Gasteiger partial charge in [-0.2, -0.15) is 0 Å². The Morgan fingerprint density at radius 1 is 1.35 bits per heavy atom. The Labute approximate surface area is 154 Å². The molecule has 26 heavy (non-hydrogen) atoms. The summed E-state index contributed by atoms with van der Waals surface area (Å²) < 4.78 is 6.85. The quantitative estimate of drug-likeness (QED) is 0.534. The molecule has 0 unspecified atom stereocenters. The fourth-order valence-electron chi connectivity index (χ4n) is 2.59. The van der Waals surface area contributed by atoms with E-state index in [-0.39, 0.29) is 16.2 Å². The molecule has 0 saturated carbocycles. The largest absolute Gasteiger partial charge is 0.497 e. The molecule has 132 valence electrons. The number of nitrogens with zero attached hydrogens (tertiary/aromatic N) is 1. The fourth-order valence-corrected chi connectivity index (χ4v) is 2.86. The van der Waals surface area contributed by atoms with Crippen LogP contribution in [0.3, 0.4) is 0 Å². The molecule has 0 spiro atoms. The second kappa shape index (κ2) is 7.37. The summed E-state index contributed by atoms with van der Waals surface area (Å²) in [5, 5.41) is 3.26. The van der Waals surface area contributed by atoms with Gasteiger partial charge in [0, 0.05) is 23.9 Å². The van der Waals surface area contributed by atoms with E-state index in [2.05, 4.69) is 16.9 Å². The molecule has 1 amide bonds. The molecule has 3 rings (SSSR count). The van der Waals surface area contributed by atoms with Gasteiger partial charge in [0.1, 0.15) is 5.75 Å². The number of amides is 1. The molecule has 0 aliphatic rings. The Morgan fingerprint density at radius 2 is 2.15 bits per heavy atom. The summed E-state index contributed by atoms with van der Waals surface area (Å²) in [5.74, 6) is 0.350. The van der Waals surface area contributed by atoms with Gasteiger partial charge < -0.3 is 15.0 Å². The van der Waals surface area contributed by atoms with E-state index >= 15 is 0 Å². The Morgan fingerprint density at radius 3 is 2.88 bits per heavy atom. The molecule has 0 radical (unpaired) electrons. The molecule has 0 bridgehead atoms. The number of benzene rings is 2. The third-order valence-electron chi connectivity index (χ3n) is 3.88. The summed E-state index contributed by atoms with van der Waals surface area (Å²) in [6, 6.07) is 11.9. The zero-order valence-corrected chi connectivity index (χ0v) is 14.9. The smallest absolute Gasteiger partial charge is 0.262 e. The number of hydrogen-bond acceptors (Lipinski definition) is 4. The number of hydrogen-bond donors (Lipinski definition) is 2. The molecule has 0 atom stereocenters. The number of anilines is 1. The summed E-state index contributed by atoms with van der Waals surface area (Å²) in [4.78, 5) is 28.0. The van der Waals surface area contributed by atoms with Gasteiger partial charge in [0.05, 0.1) is 18.0 Å². The van der Waals surface area contributed by atoms with E-state index in [1.54, 1.807) is 55.7 Å². The number of allylic oxidation sites excluding steroid dienone is 1. The third kappa shape index (κ3) is 3.43. The molecule has 0 aliphatic heterocycles. The van der Waals surface area contributed by atoms with Crippen molar-refractivity contribution in [2.75, 3.05) is 12.4 Å². The lowest BCUT2D eigenvalue weighted by atomic mass is 10.1. The van der Waals surface area contributed by atoms with Crippen LogP contribution in [0.2, 0.25) is 0 Å². The third-order valence-corrected chi connectivity index (χ3v) is 4.21. The summed E-state index contributed by atoms with van der Waals surface area (Å²) in [7, 11) is 1.56. The van der Waals surface area contributed by atoms with Gasteiger partial charge in [-0.15, -0.1) is 6.58 Å². The van der Waals surface area contributed by atoms with Crippen molar-refractivity contribution in [2.45, 2.75) is 6.54 Å². The first kappa shape index (κ1) is 17.6. The van der Waals surface area contributed by atoms with Crippen molar-refractivity contribution >= 4 is 34.7 Å². The van der Waals surface area contributed by atoms with Crippen molar-refractivity contribution in [2.24, 2.45) is 0 Å². The Bertz CT molecular complexity index is 1110. The molecule has 2 N–H and O–H groups in total. The topological polar surface area (TPSA) is 76.1 Å². The molecule has 0 aliphatic carbocycles. The molecule has 0 saturated heterocycles. The van der Waals surface area contributed by atoms with Gasteiger partial charge in [0.15, 0.2) is 4.77 Å². The van der Waals surface area contributed by atoms with Crippen molar-refractivity contribution in [1.82, 2.24) is 9.55 Å². The predicted octanol–water partition coefficient (Wildman–Crippen LogP) is 3.51. The van der Waals surface area contributed by atoms with Gasteiger partial charge in [0.2, 0.25) is 0 Å². The molecule has 1 heterocycles. The molecule has 0 fully saturated rings. The lowest BCUT2D eigenvalue weighted by Gasteiger charge is -2.09. The number of rotatable bonds is 5. The lowest BCUT2D eigenvalue weighted by Crippen LogP contribution is -2.22. The molecular weight excluding hydrogens is 350 g/mol. The second-order valence-corrected chi connectivity index (χ2v) is 5.97. The number of H-pyrrole nitrogens is 1. The predicted molar refractivity (Wildman–Crippen MR) is 105 cm³/mol. The van der Waals surface area contributed by atoms with Crippen molar-refractivity contribution in [1.29, 1.82) is 0 Å². The highest BCUT2D eigenvalue weighted by Gasteiger charge is 2.10. The number of fused-ring (bicyclic) bond motifs is 1. The highest BCUT2D eigenvalue weighted by molar-refractivity contribution is 7.71. The number of methoxy groups -OCH3 is 1. The average molecular weight is 367 g/mol. The zero-order chi connectivity index (χ0) is 18.7. The number of carbonyl (C=O) groups excluding carboxylic acids is 1. The van der Waals surface area contributed by atoms with E-state index in [4.69, 9.17) is 17.0 Å². The van der Waals surface area contributed by atoms with Crippen LogP contribution in [0.25, 0.3) is 10.9 Å². The van der Waals surface area contributed by atoms with Gasteiger partial charge in [-0.25, -0.2) is 0 Å². The lowest BCUT2D eigenvalue weighted by molar-refractivity contribution is 0.102. The first-order valence-corrected chi connectivity index (χ1v) is 8.27. The Kier molecular flexibility index (Phi) is 4.99. The van der Waals surface area contributed by atoms with Crippen LogP contribution in [0.5, 0.6) is 5.75 Å². The normalized spacial score (nSPS) is 10.5. The van der Waals surface area contributed by atoms with Crippen LogP contribution < -0.4 is 15.6 Å². The summed E-state index contributed by atoms with van der Waals surface area (Å²) >= 11 is 5.22. The average Bonchev–Trinajstić information content (AvgIpc) is 2.64. The second-order valence-electron chi connectivity index (χ2n) is 5.58. The molecule has 7 heteroatoms. The van der Waals surface area contributed by atoms with Crippen LogP contribution in [-0.4, -0.2) is 22.6 Å². The first-order valence-electron chi connectivity index (χ1n) is 7.86. The van der Waals surface area contributed by atoms with Gasteiger partial charge >= 0.3 is 0 Å². The summed E-state index contributed by atoms with van der Waals surface area (Å²) in [6.07, 6.45) is 1.60. The number of carbonyl (C=O) groups is 1. The van der Waals surface area contributed by atoms with Gasteiger partial charge in [-0.3, -0.25) is 14.2 Å². The van der Waals surface area contributed by atoms with Crippen LogP contribution in [0.15, 0.2) is 59.9 Å². The maximum atomic E-state index is 12.5. The van der Waals surface area contributed by atoms with E-state index in [0.717, 1.165) is 0 Å². The maximum absolute atomic E-state index is 12.5. The summed E-state index contributed by atoms with van der Waals surface area (Å²) in [5.41, 5.74) is 1.32. The molecule has 2 aromatic carbocycles. The molecule has 1 aromatic heterocycles. The monoisotopic (exact) mass is 367 g/mol. The highest BCUT2D eigenvalue weighted by atomic mass is 32.1. The van der Waals surface area contributed by atoms with Crippen molar-refractivity contribution < 1.29 is 9.53 Å². The minimum atomic E-state index is -0.297. The van der Waals surface area contributed by atoms with E-state index in [0.29, 0.717) is 34.4 Å². The minimum absolute atomic E-state index is 0.219. The first-order chi connectivity index (χ1) is 12.5. The number of aromatic nitrogens is 2. The Hall–Kier alpha value is -3.19. The SMILES string of the molecule is C=CCn1c(=S)[nH]c2cc(C(=O)Nc3cccc(OC)c3)ccc2c1=O. The fraction of sp³-hybridized carbons (Fsp3) is 0.105. The van der Waals surface area contributed by atoms with Crippen LogP contribution in [0.4, 0.5) is 5.69 Å². The highest BCUT2D eigenvalue weighted by Crippen LogP contribution is 2.18. The van der Waals surface area contributed by atoms with E-state index < -0.39 is 0 Å². The maximum Gasteiger partial charge on any atom is 0.262 e. The van der Waals surface area contributed by atoms with Crippen LogP contribution in [0, 0.1) is 4.77 Å². The molecule has 6 nitrogen and oxygen atoms in total. The zero-order valence-electron chi connectivity index (χ0n) is 14.1. The summed E-state index contributed by atoms with van der Waals surface area (Å²) in [6.45, 7) is 3.95. The number of nitrogens with one attached hydrogen (secondary N) is 2. The van der Waals surface area contributed by atoms with E-state index in [1.165, 1.54) is 4.57 Å². The molecule has 3 aromatic rings. The van der Waals surface area contributed by atoms with Gasteiger partial charge in [0.25, 0.3) is 11.5 Å². The minimum Gasteiger partial charge on any atom is -0.497 e. The number of aromatic amines is 1. The van der Waals surface area contributed by atoms with Crippen LogP contribution >= 0.6 is 12.2 Å². The standard InChI is InChI=1S/C19H17N3O3S/c1-3-9-22-18(24)15-8-7-12(10-16(15)21-19(22)26)17(23)20-13-5-4-6-14(11-13)25-2/h3-8,10-11H,1,9H2,2H3,(H,20,23)(H,21,26). The van der Waals surface area contributed by atoms with Crippen LogP contribution in [0.1, 0.15) is 10.4 Å². The van der Waals surface area contributed by atoms with Crippen molar-refractivity contribution in [3.63, 3.8) is 0 Å². The van der Waals surface area contributed by atoms with Gasteiger partial charge in [-0.1, -0.05) is 12.1 Å². The van der Waals surface area contributed by atoms with E-state index in [9.17, 15) is 9.59 Å². The Balaban J connectivity index is 1.97. The van der Waals surface area contributed by atoms with E-state index in [1.807, 2.05) is 0 Å². The van der Waals surface area contributed by atoms with Crippen LogP contribution in [-0.2, 0) is 6.54 Å². The molecular formula is C19H17N3O3S. The van der Waals surface area contributed by atoms with Crippen molar-refractivity contribution in [3.05, 3.63) is 75.8 Å². The van der Waals surface area contributed by atoms with Gasteiger partial charge in [-0.05, 0) is 42.5 Å².